The van der Waals surface area contributed by atoms with Crippen LogP contribution in [0.4, 0.5) is 0 Å². The Labute approximate surface area is 627 Å². The average Bonchev–Trinajstić information content (AvgIpc) is 1.54. The number of hydrogen-bond donors (Lipinski definition) is 9. The van der Waals surface area contributed by atoms with Gasteiger partial charge in [0.1, 0.15) is 11.5 Å². The number of aliphatic hydroxyl groups excluding tert-OH is 5. The van der Waals surface area contributed by atoms with Crippen LogP contribution in [0.25, 0.3) is 69.3 Å². The Bertz CT molecular complexity index is 5680. The lowest BCUT2D eigenvalue weighted by atomic mass is 10.0. The summed E-state index contributed by atoms with van der Waals surface area (Å²) in [5, 5.41) is 76.7. The van der Waals surface area contributed by atoms with E-state index in [0.717, 1.165) is 163 Å². The molecule has 4 aromatic heterocycles. The summed E-state index contributed by atoms with van der Waals surface area (Å²) in [6.07, 6.45) is 9.97. The maximum Gasteiger partial charge on any atom is 0.231 e. The lowest BCUT2D eigenvalue weighted by molar-refractivity contribution is 0.103. The van der Waals surface area contributed by atoms with Crippen molar-refractivity contribution in [2.75, 3.05) is 21.0 Å². The Morgan fingerprint density at radius 2 is 0.752 bits per heavy atom. The Morgan fingerprint density at radius 1 is 0.367 bits per heavy atom. The number of allylic oxidation sites excluding steroid dienone is 4. The van der Waals surface area contributed by atoms with E-state index in [4.69, 9.17) is 18.9 Å². The minimum absolute atomic E-state index is 0.0488. The highest BCUT2D eigenvalue weighted by atomic mass is 16.7. The number of ketones is 4. The van der Waals surface area contributed by atoms with E-state index in [1.807, 2.05) is 167 Å². The van der Waals surface area contributed by atoms with Crippen molar-refractivity contribution in [1.82, 2.24) is 40.8 Å². The molecular weight excluding hydrogens is 1380 g/mol. The number of aromatic amines is 4. The number of aliphatic hydroxyl groups is 5. The fraction of sp³-hybridized carbons (Fsp3) is 0.182. The number of carbonyl (C=O) groups is 4. The molecule has 0 amide bonds. The molecule has 21 nitrogen and oxygen atoms in total. The third kappa shape index (κ3) is 15.8. The zero-order chi connectivity index (χ0) is 76.1. The summed E-state index contributed by atoms with van der Waals surface area (Å²) in [6.45, 7) is 7.60. The topological polar surface area (TPSA) is 321 Å². The van der Waals surface area contributed by atoms with Gasteiger partial charge >= 0.3 is 0 Å². The molecule has 9 N–H and O–H groups in total. The number of aromatic nitrogens is 8. The van der Waals surface area contributed by atoms with Gasteiger partial charge in [0, 0.05) is 98.0 Å². The van der Waals surface area contributed by atoms with Crippen LogP contribution in [0.1, 0.15) is 137 Å². The van der Waals surface area contributed by atoms with Gasteiger partial charge < -0.3 is 44.5 Å². The van der Waals surface area contributed by atoms with Gasteiger partial charge in [-0.1, -0.05) is 107 Å². The van der Waals surface area contributed by atoms with E-state index in [1.54, 1.807) is 31.4 Å². The first-order chi connectivity index (χ1) is 52.9. The van der Waals surface area contributed by atoms with Gasteiger partial charge in [-0.3, -0.25) is 39.6 Å². The van der Waals surface area contributed by atoms with Crippen molar-refractivity contribution in [1.29, 1.82) is 0 Å². The molecule has 548 valence electrons. The lowest BCUT2D eigenvalue weighted by Crippen LogP contribution is -1.99. The maximum atomic E-state index is 12.7. The summed E-state index contributed by atoms with van der Waals surface area (Å²) in [7, 11) is 3.11. The molecule has 5 aliphatic rings. The standard InChI is InChI=1S/C23H22N2O4.2C22H20N2O3.C21H16N2O3/c1-13-3-4-19-14(5-13)6-16(23(19)28)8-18-10-21(25-24-18)15-7-17(11-26)20(12-27)22(9-15)29-2;1-13-3-4-20-15(5-13)8-17(22(20)26)9-18-11-21(24-23-18)16-6-14(12-25)7-19(10-16)27-2;1-13-2-5-20-16(6-13)8-17(22(20)27)9-19-10-21(24-23-19)14-3-4-15(11-25)18(7-14)12-26;1-12-2-4-17-14(6-12)7-15(21(17)24)8-16-10-18(23-22-16)13-3-5-19-20(9-13)26-11-25-19/h3-5,7-10,26-27H,6,11-12H2,1-2H3,(H,24,25);3-7,9-11,25H,8,12H2,1-2H3,(H,23,24);2-7,9-10,25-26H,8,11-12H2,1H3,(H,23,24);2-6,8-10H,7,11H2,1H3,(H,22,23)/b16-8+;2*17-9+;15-8+. The van der Waals surface area contributed by atoms with E-state index in [-0.39, 0.29) is 63.0 Å². The Balaban J connectivity index is 0.000000121. The monoisotopic (exact) mass is 1450 g/mol. The highest BCUT2D eigenvalue weighted by molar-refractivity contribution is 6.17. The van der Waals surface area contributed by atoms with Crippen LogP contribution in [0, 0.1) is 27.7 Å². The van der Waals surface area contributed by atoms with Crippen LogP contribution in [-0.4, -0.2) is 110 Å². The summed E-state index contributed by atoms with van der Waals surface area (Å²) >= 11 is 0. The number of H-pyrrole nitrogens is 4. The van der Waals surface area contributed by atoms with Crippen LogP contribution in [-0.2, 0) is 58.7 Å². The molecular formula is C88H78N8O13. The van der Waals surface area contributed by atoms with Crippen LogP contribution in [0.2, 0.25) is 0 Å². The summed E-state index contributed by atoms with van der Waals surface area (Å²) in [5.41, 5.74) is 27.7. The van der Waals surface area contributed by atoms with Gasteiger partial charge in [-0.05, 0) is 175 Å². The smallest absolute Gasteiger partial charge is 0.231 e. The zero-order valence-electron chi connectivity index (χ0n) is 60.8. The van der Waals surface area contributed by atoms with Gasteiger partial charge in [0.25, 0.3) is 0 Å². The number of Topliss-reactive ketones (excluding diaryl/α,β-unsaturated/α-hetero) is 4. The van der Waals surface area contributed by atoms with Crippen molar-refractivity contribution in [3.8, 4) is 68.0 Å². The van der Waals surface area contributed by atoms with Gasteiger partial charge in [0.2, 0.25) is 6.79 Å². The molecule has 8 aromatic carbocycles. The summed E-state index contributed by atoms with van der Waals surface area (Å²) < 4.78 is 21.4. The molecule has 0 unspecified atom stereocenters. The van der Waals surface area contributed by atoms with Gasteiger partial charge in [0.15, 0.2) is 34.6 Å². The van der Waals surface area contributed by atoms with Gasteiger partial charge in [0.05, 0.1) is 92.8 Å². The third-order valence-corrected chi connectivity index (χ3v) is 19.8. The van der Waals surface area contributed by atoms with E-state index in [1.165, 1.54) is 12.7 Å². The fourth-order valence-electron chi connectivity index (χ4n) is 14.2. The first-order valence-electron chi connectivity index (χ1n) is 35.4. The predicted octanol–water partition coefficient (Wildman–Crippen LogP) is 14.0. The van der Waals surface area contributed by atoms with E-state index in [0.29, 0.717) is 65.1 Å². The molecule has 0 bridgehead atoms. The van der Waals surface area contributed by atoms with E-state index >= 15 is 0 Å². The fourth-order valence-corrected chi connectivity index (χ4v) is 14.2. The second kappa shape index (κ2) is 31.7. The zero-order valence-corrected chi connectivity index (χ0v) is 60.8. The number of benzene rings is 8. The molecule has 1 aliphatic heterocycles. The number of fused-ring (bicyclic) bond motifs is 5. The van der Waals surface area contributed by atoms with Crippen molar-refractivity contribution in [2.24, 2.45) is 0 Å². The third-order valence-electron chi connectivity index (χ3n) is 19.8. The molecule has 0 saturated heterocycles. The highest BCUT2D eigenvalue weighted by Gasteiger charge is 2.29. The molecule has 12 aromatic rings. The van der Waals surface area contributed by atoms with Crippen molar-refractivity contribution >= 4 is 47.4 Å². The number of ether oxygens (including phenoxy) is 4. The maximum absolute atomic E-state index is 12.7. The number of rotatable bonds is 15. The molecule has 0 saturated carbocycles. The van der Waals surface area contributed by atoms with Crippen molar-refractivity contribution in [3.63, 3.8) is 0 Å². The summed E-state index contributed by atoms with van der Waals surface area (Å²) in [6, 6.07) is 51.6. The first-order valence-corrected chi connectivity index (χ1v) is 35.4. The number of hydrogen-bond acceptors (Lipinski definition) is 17. The normalized spacial score (nSPS) is 15.0. The van der Waals surface area contributed by atoms with Gasteiger partial charge in [-0.2, -0.15) is 20.4 Å². The van der Waals surface area contributed by atoms with Gasteiger partial charge in [-0.25, -0.2) is 0 Å². The molecule has 4 aliphatic carbocycles. The highest BCUT2D eigenvalue weighted by Crippen LogP contribution is 2.39. The molecule has 0 spiro atoms. The first kappa shape index (κ1) is 73.2. The summed E-state index contributed by atoms with van der Waals surface area (Å²) in [5.74, 6) is 2.91. The van der Waals surface area contributed by atoms with Crippen LogP contribution in [0.15, 0.2) is 186 Å². The molecule has 21 heteroatoms. The minimum atomic E-state index is -0.223. The van der Waals surface area contributed by atoms with E-state index in [2.05, 4.69) is 65.1 Å². The molecule has 0 fully saturated rings. The quantitative estimate of drug-likeness (QED) is 0.0431. The predicted molar refractivity (Wildman–Crippen MR) is 414 cm³/mol. The molecule has 5 heterocycles. The number of nitrogens with one attached hydrogen (secondary N) is 4. The number of methoxy groups -OCH3 is 2. The largest absolute Gasteiger partial charge is 0.497 e. The molecule has 109 heavy (non-hydrogen) atoms. The average molecular weight is 1460 g/mol. The number of aryl methyl sites for hydroxylation is 4. The van der Waals surface area contributed by atoms with Crippen LogP contribution >= 0.6 is 0 Å². The Morgan fingerprint density at radius 3 is 1.15 bits per heavy atom. The summed E-state index contributed by atoms with van der Waals surface area (Å²) in [4.78, 5) is 50.4. The molecule has 0 radical (unpaired) electrons. The SMILES string of the molecule is COc1cc(-c2cc(/C=C3\Cc4cc(C)ccc4C3=O)[nH]n2)cc(CO)c1CO.COc1cc(CO)cc(-c2cc(/C=C3\Cc4cc(C)ccc4C3=O)[nH]n2)c1.Cc1ccc2c(c1)C/C(=C\c1cc(-c3ccc(CO)c(CO)c3)n[nH]1)C2=O.Cc1ccc2c(c1)C/C(=C\c1cc(-c3ccc4c(c3)OCO4)n[nH]1)C2=O. The second-order valence-corrected chi connectivity index (χ2v) is 27.4. The van der Waals surface area contributed by atoms with Crippen molar-refractivity contribution in [3.05, 3.63) is 303 Å². The number of carbonyl (C=O) groups excluding carboxylic acids is 4. The van der Waals surface area contributed by atoms with Crippen LogP contribution in [0.5, 0.6) is 23.0 Å². The molecule has 0 atom stereocenters. The van der Waals surface area contributed by atoms with Crippen LogP contribution < -0.4 is 18.9 Å². The second-order valence-electron chi connectivity index (χ2n) is 27.4. The van der Waals surface area contributed by atoms with Crippen molar-refractivity contribution in [2.45, 2.75) is 86.4 Å². The minimum Gasteiger partial charge on any atom is -0.497 e. The Kier molecular flexibility index (Phi) is 21.3. The Hall–Kier alpha value is -12.8. The van der Waals surface area contributed by atoms with E-state index < -0.39 is 0 Å². The molecule has 17 rings (SSSR count). The lowest BCUT2D eigenvalue weighted by Gasteiger charge is -2.12. The number of nitrogens with zero attached hydrogens (tertiary/aromatic N) is 4. The van der Waals surface area contributed by atoms with Crippen LogP contribution in [0.3, 0.4) is 0 Å². The van der Waals surface area contributed by atoms with Crippen molar-refractivity contribution < 1.29 is 63.7 Å². The van der Waals surface area contributed by atoms with Gasteiger partial charge in [-0.15, -0.1) is 0 Å². The van der Waals surface area contributed by atoms with E-state index in [9.17, 15) is 44.7 Å².